The Labute approximate surface area is 124 Å². The second kappa shape index (κ2) is 10.1. The number of halogens is 2. The van der Waals surface area contributed by atoms with Crippen molar-refractivity contribution in [2.24, 2.45) is 5.16 Å². The predicted octanol–water partition coefficient (Wildman–Crippen LogP) is 0.0405. The van der Waals surface area contributed by atoms with Crippen LogP contribution in [0.5, 0.6) is 0 Å². The summed E-state index contributed by atoms with van der Waals surface area (Å²) >= 11 is 1.48. The second-order valence-electron chi connectivity index (χ2n) is 3.79. The molecule has 0 aliphatic carbocycles. The van der Waals surface area contributed by atoms with Gasteiger partial charge >= 0.3 is 0 Å². The zero-order valence-corrected chi connectivity index (χ0v) is 12.7. The maximum absolute atomic E-state index is 12.8. The summed E-state index contributed by atoms with van der Waals surface area (Å²) in [5.74, 6) is 0.558. The molecule has 1 rings (SSSR count). The largest absolute Gasteiger partial charge is 1.00 e. The van der Waals surface area contributed by atoms with Crippen molar-refractivity contribution in [3.05, 3.63) is 35.6 Å². The summed E-state index contributed by atoms with van der Waals surface area (Å²) in [7, 11) is 0. The van der Waals surface area contributed by atoms with Crippen molar-refractivity contribution >= 4 is 16.8 Å². The van der Waals surface area contributed by atoms with E-state index >= 15 is 0 Å². The minimum atomic E-state index is -0.288. The smallest absolute Gasteiger partial charge is 0.143 e. The molecule has 0 aliphatic heterocycles. The second-order valence-corrected chi connectivity index (χ2v) is 4.87. The van der Waals surface area contributed by atoms with Gasteiger partial charge in [-0.2, -0.15) is 0 Å². The van der Waals surface area contributed by atoms with E-state index in [2.05, 4.69) is 23.9 Å². The zero-order chi connectivity index (χ0) is 13.4. The zero-order valence-electron chi connectivity index (χ0n) is 11.1. The topological polar surface area (TPSA) is 35.8 Å². The van der Waals surface area contributed by atoms with Crippen LogP contribution in [-0.2, 0) is 0 Å². The van der Waals surface area contributed by atoms with Crippen LogP contribution in [0.4, 0.5) is 4.39 Å². The van der Waals surface area contributed by atoms with Gasteiger partial charge in [-0.1, -0.05) is 19.0 Å². The van der Waals surface area contributed by atoms with Gasteiger partial charge in [-0.15, -0.1) is 11.8 Å². The quantitative estimate of drug-likeness (QED) is 0.349. The highest BCUT2D eigenvalue weighted by atomic mass is 35.5. The SMILES string of the molecule is CCN(CC)CCS/C(=N/O)c1ccc(F)cc1.[Cl-]. The first-order chi connectivity index (χ1) is 8.71. The monoisotopic (exact) mass is 305 g/mol. The van der Waals surface area contributed by atoms with Crippen molar-refractivity contribution in [3.63, 3.8) is 0 Å². The number of hydrogen-bond acceptors (Lipinski definition) is 4. The Morgan fingerprint density at radius 1 is 1.26 bits per heavy atom. The van der Waals surface area contributed by atoms with E-state index in [0.717, 1.165) is 31.0 Å². The van der Waals surface area contributed by atoms with Gasteiger partial charge in [0.05, 0.1) is 0 Å². The van der Waals surface area contributed by atoms with Crippen molar-refractivity contribution in [1.82, 2.24) is 4.90 Å². The van der Waals surface area contributed by atoms with Gasteiger partial charge in [0.1, 0.15) is 10.9 Å². The first-order valence-corrected chi connectivity index (χ1v) is 7.03. The molecule has 0 amide bonds. The summed E-state index contributed by atoms with van der Waals surface area (Å²) in [4.78, 5) is 2.30. The van der Waals surface area contributed by atoms with Crippen LogP contribution in [0.25, 0.3) is 0 Å². The maximum atomic E-state index is 12.8. The minimum Gasteiger partial charge on any atom is -1.00 e. The highest BCUT2D eigenvalue weighted by Crippen LogP contribution is 2.14. The van der Waals surface area contributed by atoms with E-state index in [-0.39, 0.29) is 18.2 Å². The number of nitrogens with zero attached hydrogens (tertiary/aromatic N) is 2. The summed E-state index contributed by atoms with van der Waals surface area (Å²) in [5, 5.41) is 12.8. The van der Waals surface area contributed by atoms with Crippen molar-refractivity contribution in [3.8, 4) is 0 Å². The summed E-state index contributed by atoms with van der Waals surface area (Å²) in [5.41, 5.74) is 0.739. The molecule has 0 saturated carbocycles. The molecular weight excluding hydrogens is 287 g/mol. The van der Waals surface area contributed by atoms with Gasteiger partial charge in [-0.3, -0.25) is 0 Å². The summed E-state index contributed by atoms with van der Waals surface area (Å²) in [6.07, 6.45) is 0. The number of benzene rings is 1. The standard InChI is InChI=1S/C13H19FN2OS.ClH/c1-3-16(4-2)9-10-18-13(15-17)11-5-7-12(14)8-6-11;/h5-8,17H,3-4,9-10H2,1-2H3;1H/p-1/b15-13+;. The van der Waals surface area contributed by atoms with Crippen molar-refractivity contribution < 1.29 is 22.0 Å². The Hall–Kier alpha value is -0.780. The van der Waals surface area contributed by atoms with Crippen LogP contribution in [0.3, 0.4) is 0 Å². The molecule has 1 aromatic rings. The Morgan fingerprint density at radius 3 is 2.32 bits per heavy atom. The average molecular weight is 306 g/mol. The Balaban J connectivity index is 0.00000324. The fraction of sp³-hybridized carbons (Fsp3) is 0.462. The lowest BCUT2D eigenvalue weighted by atomic mass is 10.2. The third kappa shape index (κ3) is 6.27. The van der Waals surface area contributed by atoms with Crippen LogP contribution in [-0.4, -0.2) is 40.5 Å². The van der Waals surface area contributed by atoms with E-state index in [1.807, 2.05) is 0 Å². The van der Waals surface area contributed by atoms with Crippen LogP contribution in [0.15, 0.2) is 29.4 Å². The van der Waals surface area contributed by atoms with Gasteiger partial charge in [0, 0.05) is 17.9 Å². The predicted molar refractivity (Wildman–Crippen MR) is 75.0 cm³/mol. The third-order valence-electron chi connectivity index (χ3n) is 2.72. The van der Waals surface area contributed by atoms with E-state index in [0.29, 0.717) is 5.04 Å². The molecule has 1 N–H and O–H groups in total. The van der Waals surface area contributed by atoms with Gasteiger partial charge in [0.2, 0.25) is 0 Å². The van der Waals surface area contributed by atoms with Crippen molar-refractivity contribution in [2.75, 3.05) is 25.4 Å². The first kappa shape index (κ1) is 18.2. The average Bonchev–Trinajstić information content (AvgIpc) is 2.41. The van der Waals surface area contributed by atoms with E-state index in [4.69, 9.17) is 5.21 Å². The molecule has 3 nitrogen and oxygen atoms in total. The molecule has 0 radical (unpaired) electrons. The molecule has 1 aromatic carbocycles. The molecule has 0 heterocycles. The third-order valence-corrected chi connectivity index (χ3v) is 3.70. The van der Waals surface area contributed by atoms with Crippen LogP contribution < -0.4 is 12.4 Å². The number of thioether (sulfide) groups is 1. The van der Waals surface area contributed by atoms with E-state index in [9.17, 15) is 4.39 Å². The number of oxime groups is 1. The molecule has 0 aliphatic rings. The fourth-order valence-corrected chi connectivity index (χ4v) is 2.48. The highest BCUT2D eigenvalue weighted by molar-refractivity contribution is 8.14. The van der Waals surface area contributed by atoms with E-state index < -0.39 is 0 Å². The van der Waals surface area contributed by atoms with Crippen LogP contribution in [0.2, 0.25) is 0 Å². The summed E-state index contributed by atoms with van der Waals surface area (Å²) in [6.45, 7) is 7.21. The minimum absolute atomic E-state index is 0. The lowest BCUT2D eigenvalue weighted by Crippen LogP contribution is -3.00. The van der Waals surface area contributed by atoms with Crippen LogP contribution >= 0.6 is 11.8 Å². The van der Waals surface area contributed by atoms with Crippen LogP contribution in [0.1, 0.15) is 19.4 Å². The molecule has 0 unspecified atom stereocenters. The normalized spacial score (nSPS) is 11.5. The molecule has 19 heavy (non-hydrogen) atoms. The summed E-state index contributed by atoms with van der Waals surface area (Å²) < 4.78 is 12.8. The molecule has 6 heteroatoms. The van der Waals surface area contributed by atoms with E-state index in [1.54, 1.807) is 12.1 Å². The Morgan fingerprint density at radius 2 is 1.84 bits per heavy atom. The lowest BCUT2D eigenvalue weighted by Gasteiger charge is -2.17. The summed E-state index contributed by atoms with van der Waals surface area (Å²) in [6, 6.07) is 5.97. The fourth-order valence-electron chi connectivity index (χ4n) is 1.57. The van der Waals surface area contributed by atoms with Gasteiger partial charge in [0.25, 0.3) is 0 Å². The molecule has 0 bridgehead atoms. The Kier molecular flexibility index (Phi) is 9.65. The van der Waals surface area contributed by atoms with Gasteiger partial charge in [-0.25, -0.2) is 4.39 Å². The molecule has 0 aromatic heterocycles. The molecule has 0 saturated heterocycles. The van der Waals surface area contributed by atoms with Gasteiger partial charge in [-0.05, 0) is 37.4 Å². The van der Waals surface area contributed by atoms with Crippen molar-refractivity contribution in [2.45, 2.75) is 13.8 Å². The van der Waals surface area contributed by atoms with Crippen molar-refractivity contribution in [1.29, 1.82) is 0 Å². The van der Waals surface area contributed by atoms with Crippen LogP contribution in [0, 0.1) is 5.82 Å². The maximum Gasteiger partial charge on any atom is 0.143 e. The molecule has 0 fully saturated rings. The number of rotatable bonds is 6. The first-order valence-electron chi connectivity index (χ1n) is 6.04. The number of hydrogen-bond donors (Lipinski definition) is 1. The molecule has 108 valence electrons. The molecular formula is C13H19ClFN2OS-. The van der Waals surface area contributed by atoms with Gasteiger partial charge in [0.15, 0.2) is 0 Å². The van der Waals surface area contributed by atoms with Gasteiger partial charge < -0.3 is 22.5 Å². The van der Waals surface area contributed by atoms with E-state index in [1.165, 1.54) is 23.9 Å². The molecule has 0 atom stereocenters. The Bertz CT molecular complexity index is 383. The highest BCUT2D eigenvalue weighted by Gasteiger charge is 2.06. The molecule has 0 spiro atoms. The lowest BCUT2D eigenvalue weighted by molar-refractivity contribution is -0.00000522.